The van der Waals surface area contributed by atoms with Gasteiger partial charge < -0.3 is 9.47 Å². The van der Waals surface area contributed by atoms with Crippen LogP contribution in [0.25, 0.3) is 0 Å². The highest BCUT2D eigenvalue weighted by molar-refractivity contribution is 5.85. The van der Waals surface area contributed by atoms with Crippen LogP contribution >= 0.6 is 0 Å². The van der Waals surface area contributed by atoms with Gasteiger partial charge in [-0.1, -0.05) is 6.92 Å². The van der Waals surface area contributed by atoms with Gasteiger partial charge in [-0.15, -0.1) is 0 Å². The van der Waals surface area contributed by atoms with Crippen LogP contribution in [0.4, 0.5) is 0 Å². The van der Waals surface area contributed by atoms with Crippen LogP contribution in [-0.4, -0.2) is 24.8 Å². The minimum absolute atomic E-state index is 0.0845. The first-order valence-electron chi connectivity index (χ1n) is 6.46. The van der Waals surface area contributed by atoms with Gasteiger partial charge >= 0.3 is 0 Å². The largest absolute Gasteiger partial charge is 0.348 e. The minimum Gasteiger partial charge on any atom is -0.348 e. The third-order valence-corrected chi connectivity index (χ3v) is 4.89. The fourth-order valence-electron chi connectivity index (χ4n) is 3.70. The van der Waals surface area contributed by atoms with Crippen LogP contribution in [0.2, 0.25) is 0 Å². The molecule has 3 aliphatic rings. The SMILES string of the molecule is CC12CCC3(CC1CCCC2=O)OCCO3. The summed E-state index contributed by atoms with van der Waals surface area (Å²) < 4.78 is 11.6. The molecule has 1 aliphatic heterocycles. The van der Waals surface area contributed by atoms with Gasteiger partial charge in [0.2, 0.25) is 0 Å². The van der Waals surface area contributed by atoms with Gasteiger partial charge in [0.15, 0.2) is 5.79 Å². The maximum Gasteiger partial charge on any atom is 0.168 e. The summed E-state index contributed by atoms with van der Waals surface area (Å²) in [4.78, 5) is 12.1. The number of hydrogen-bond donors (Lipinski definition) is 0. The number of hydrogen-bond acceptors (Lipinski definition) is 3. The van der Waals surface area contributed by atoms with Crippen LogP contribution in [0.5, 0.6) is 0 Å². The molecule has 90 valence electrons. The van der Waals surface area contributed by atoms with Crippen molar-refractivity contribution in [1.82, 2.24) is 0 Å². The maximum atomic E-state index is 12.1. The van der Waals surface area contributed by atoms with Crippen LogP contribution < -0.4 is 0 Å². The molecule has 1 saturated heterocycles. The summed E-state index contributed by atoms with van der Waals surface area (Å²) in [6.45, 7) is 3.59. The molecule has 0 aromatic carbocycles. The molecule has 3 fully saturated rings. The van der Waals surface area contributed by atoms with Crippen LogP contribution in [0.3, 0.4) is 0 Å². The average molecular weight is 224 g/mol. The van der Waals surface area contributed by atoms with Gasteiger partial charge in [-0.3, -0.25) is 4.79 Å². The zero-order chi connectivity index (χ0) is 11.2. The van der Waals surface area contributed by atoms with Crippen LogP contribution in [0, 0.1) is 11.3 Å². The Morgan fingerprint density at radius 3 is 2.75 bits per heavy atom. The second kappa shape index (κ2) is 3.54. The monoisotopic (exact) mass is 224 g/mol. The van der Waals surface area contributed by atoms with Gasteiger partial charge in [-0.2, -0.15) is 0 Å². The molecule has 3 rings (SSSR count). The lowest BCUT2D eigenvalue weighted by molar-refractivity contribution is -0.209. The van der Waals surface area contributed by atoms with E-state index in [1.807, 2.05) is 0 Å². The Labute approximate surface area is 96.5 Å². The zero-order valence-electron chi connectivity index (χ0n) is 9.96. The molecule has 2 aliphatic carbocycles. The lowest BCUT2D eigenvalue weighted by Gasteiger charge is -2.49. The molecule has 2 unspecified atom stereocenters. The van der Waals surface area contributed by atoms with E-state index in [9.17, 15) is 4.79 Å². The van der Waals surface area contributed by atoms with Crippen molar-refractivity contribution in [3.05, 3.63) is 0 Å². The number of ketones is 1. The van der Waals surface area contributed by atoms with Crippen molar-refractivity contribution < 1.29 is 14.3 Å². The van der Waals surface area contributed by atoms with Gasteiger partial charge in [0.05, 0.1) is 13.2 Å². The molecule has 2 saturated carbocycles. The highest BCUT2D eigenvalue weighted by Gasteiger charge is 2.53. The zero-order valence-corrected chi connectivity index (χ0v) is 9.96. The van der Waals surface area contributed by atoms with Crippen LogP contribution in [-0.2, 0) is 14.3 Å². The first-order chi connectivity index (χ1) is 7.65. The van der Waals surface area contributed by atoms with Gasteiger partial charge in [-0.25, -0.2) is 0 Å². The molecule has 2 atom stereocenters. The summed E-state index contributed by atoms with van der Waals surface area (Å²) in [5.74, 6) is 0.610. The molecule has 0 aromatic heterocycles. The Balaban J connectivity index is 1.82. The maximum absolute atomic E-state index is 12.1. The van der Waals surface area contributed by atoms with E-state index in [1.54, 1.807) is 0 Å². The molecule has 0 N–H and O–H groups in total. The number of ether oxygens (including phenoxy) is 2. The van der Waals surface area contributed by atoms with Crippen molar-refractivity contribution in [2.45, 2.75) is 51.2 Å². The van der Waals surface area contributed by atoms with E-state index in [0.717, 1.165) is 51.7 Å². The third-order valence-electron chi connectivity index (χ3n) is 4.89. The third kappa shape index (κ3) is 1.45. The van der Waals surface area contributed by atoms with Gasteiger partial charge in [0.1, 0.15) is 5.78 Å². The molecule has 0 bridgehead atoms. The topological polar surface area (TPSA) is 35.5 Å². The Hall–Kier alpha value is -0.410. The Bertz CT molecular complexity index is 306. The number of Topliss-reactive ketones (excluding diaryl/α,β-unsaturated/α-hetero) is 1. The van der Waals surface area contributed by atoms with E-state index in [1.165, 1.54) is 0 Å². The summed E-state index contributed by atoms with van der Waals surface area (Å²) >= 11 is 0. The van der Waals surface area contributed by atoms with E-state index in [0.29, 0.717) is 11.7 Å². The van der Waals surface area contributed by atoms with Crippen molar-refractivity contribution in [3.63, 3.8) is 0 Å². The van der Waals surface area contributed by atoms with E-state index < -0.39 is 0 Å². The van der Waals surface area contributed by atoms with E-state index >= 15 is 0 Å². The summed E-state index contributed by atoms with van der Waals surface area (Å²) in [6.07, 6.45) is 5.76. The molecule has 1 spiro atoms. The Morgan fingerprint density at radius 1 is 1.25 bits per heavy atom. The first kappa shape index (κ1) is 10.7. The second-order valence-electron chi connectivity index (χ2n) is 5.74. The summed E-state index contributed by atoms with van der Waals surface area (Å²) in [7, 11) is 0. The van der Waals surface area contributed by atoms with Crippen molar-refractivity contribution in [1.29, 1.82) is 0 Å². The van der Waals surface area contributed by atoms with E-state index in [2.05, 4.69) is 6.92 Å². The first-order valence-corrected chi connectivity index (χ1v) is 6.46. The molecule has 3 heteroatoms. The summed E-state index contributed by atoms with van der Waals surface area (Å²) in [5, 5.41) is 0. The molecule has 0 aromatic rings. The Kier molecular flexibility index (Phi) is 2.37. The minimum atomic E-state index is -0.332. The van der Waals surface area contributed by atoms with E-state index in [-0.39, 0.29) is 11.2 Å². The fourth-order valence-corrected chi connectivity index (χ4v) is 3.70. The molecule has 1 heterocycles. The molecular weight excluding hydrogens is 204 g/mol. The summed E-state index contributed by atoms with van der Waals surface area (Å²) in [6, 6.07) is 0. The number of fused-ring (bicyclic) bond motifs is 1. The molecule has 0 radical (unpaired) electrons. The average Bonchev–Trinajstić information content (AvgIpc) is 2.71. The quantitative estimate of drug-likeness (QED) is 0.633. The predicted octanol–water partition coefficient (Wildman–Crippen LogP) is 2.29. The standard InChI is InChI=1S/C13H20O3/c1-12-5-6-13(15-7-8-16-13)9-10(12)3-2-4-11(12)14/h10H,2-9H2,1H3. The molecular formula is C13H20O3. The van der Waals surface area contributed by atoms with Gasteiger partial charge in [0.25, 0.3) is 0 Å². The lowest BCUT2D eigenvalue weighted by atomic mass is 9.58. The molecule has 3 nitrogen and oxygen atoms in total. The second-order valence-corrected chi connectivity index (χ2v) is 5.74. The van der Waals surface area contributed by atoms with Gasteiger partial charge in [0, 0.05) is 24.7 Å². The van der Waals surface area contributed by atoms with Gasteiger partial charge in [-0.05, 0) is 25.2 Å². The fraction of sp³-hybridized carbons (Fsp3) is 0.923. The number of rotatable bonds is 0. The highest BCUT2D eigenvalue weighted by atomic mass is 16.7. The van der Waals surface area contributed by atoms with Crippen molar-refractivity contribution in [2.24, 2.45) is 11.3 Å². The van der Waals surface area contributed by atoms with E-state index in [4.69, 9.17) is 9.47 Å². The number of carbonyl (C=O) groups is 1. The van der Waals surface area contributed by atoms with Crippen molar-refractivity contribution >= 4 is 5.78 Å². The lowest BCUT2D eigenvalue weighted by Crippen LogP contribution is -2.50. The van der Waals surface area contributed by atoms with Crippen LogP contribution in [0.1, 0.15) is 45.4 Å². The Morgan fingerprint density at radius 2 is 2.00 bits per heavy atom. The normalized spacial score (nSPS) is 42.3. The molecule has 0 amide bonds. The predicted molar refractivity (Wildman–Crippen MR) is 58.9 cm³/mol. The summed E-state index contributed by atoms with van der Waals surface area (Å²) in [5.41, 5.74) is -0.0845. The smallest absolute Gasteiger partial charge is 0.168 e. The van der Waals surface area contributed by atoms with Crippen molar-refractivity contribution in [3.8, 4) is 0 Å². The molecule has 16 heavy (non-hydrogen) atoms. The van der Waals surface area contributed by atoms with Crippen LogP contribution in [0.15, 0.2) is 0 Å². The number of carbonyl (C=O) groups excluding carboxylic acids is 1. The highest BCUT2D eigenvalue weighted by Crippen LogP contribution is 2.53. The van der Waals surface area contributed by atoms with Crippen molar-refractivity contribution in [2.75, 3.05) is 13.2 Å².